The average Bonchev–Trinajstić information content (AvgIpc) is 2.03. The van der Waals surface area contributed by atoms with Gasteiger partial charge in [0.05, 0.1) is 0 Å². The normalized spacial score (nSPS) is 29.5. The third kappa shape index (κ3) is 2.45. The van der Waals surface area contributed by atoms with Crippen molar-refractivity contribution in [1.82, 2.24) is 5.32 Å². The summed E-state index contributed by atoms with van der Waals surface area (Å²) >= 11 is 0. The van der Waals surface area contributed by atoms with Crippen LogP contribution in [0.15, 0.2) is 0 Å². The number of carbonyl (C=O) groups is 1. The van der Waals surface area contributed by atoms with Gasteiger partial charge in [0.2, 0.25) is 5.91 Å². The summed E-state index contributed by atoms with van der Waals surface area (Å²) < 4.78 is 0. The SMILES string of the molecule is CC(C)C1CCC(C(C)C)C(=O)N1. The van der Waals surface area contributed by atoms with E-state index in [0.717, 1.165) is 12.8 Å². The fourth-order valence-corrected chi connectivity index (χ4v) is 1.99. The lowest BCUT2D eigenvalue weighted by Gasteiger charge is -2.33. The summed E-state index contributed by atoms with van der Waals surface area (Å²) in [5, 5.41) is 3.11. The second-order valence-electron chi connectivity index (χ2n) is 4.79. The number of rotatable bonds is 2. The van der Waals surface area contributed by atoms with E-state index < -0.39 is 0 Å². The summed E-state index contributed by atoms with van der Waals surface area (Å²) in [4.78, 5) is 11.6. The molecule has 1 amide bonds. The molecular formula is C11H21NO. The van der Waals surface area contributed by atoms with E-state index in [2.05, 4.69) is 33.0 Å². The van der Waals surface area contributed by atoms with Crippen molar-refractivity contribution in [3.63, 3.8) is 0 Å². The largest absolute Gasteiger partial charge is 0.353 e. The van der Waals surface area contributed by atoms with Crippen molar-refractivity contribution >= 4 is 5.91 Å². The van der Waals surface area contributed by atoms with E-state index in [1.165, 1.54) is 0 Å². The molecule has 1 saturated heterocycles. The van der Waals surface area contributed by atoms with Gasteiger partial charge in [-0.1, -0.05) is 27.7 Å². The Kier molecular flexibility index (Phi) is 3.34. The number of hydrogen-bond donors (Lipinski definition) is 1. The van der Waals surface area contributed by atoms with Crippen molar-refractivity contribution in [2.45, 2.75) is 46.6 Å². The molecule has 0 aromatic rings. The van der Waals surface area contributed by atoms with Gasteiger partial charge < -0.3 is 5.32 Å². The van der Waals surface area contributed by atoms with Gasteiger partial charge in [0.25, 0.3) is 0 Å². The van der Waals surface area contributed by atoms with Gasteiger partial charge in [-0.15, -0.1) is 0 Å². The predicted octanol–water partition coefficient (Wildman–Crippen LogP) is 2.19. The van der Waals surface area contributed by atoms with E-state index in [0.29, 0.717) is 17.9 Å². The van der Waals surface area contributed by atoms with Gasteiger partial charge in [-0.05, 0) is 24.7 Å². The summed E-state index contributed by atoms with van der Waals surface area (Å²) in [6.45, 7) is 8.58. The molecule has 1 aliphatic heterocycles. The maximum absolute atomic E-state index is 11.6. The average molecular weight is 183 g/mol. The Morgan fingerprint density at radius 3 is 2.15 bits per heavy atom. The maximum atomic E-state index is 11.6. The molecule has 13 heavy (non-hydrogen) atoms. The highest BCUT2D eigenvalue weighted by molar-refractivity contribution is 5.80. The monoisotopic (exact) mass is 183 g/mol. The molecule has 2 unspecified atom stereocenters. The van der Waals surface area contributed by atoms with Crippen molar-refractivity contribution in [3.8, 4) is 0 Å². The predicted molar refractivity (Wildman–Crippen MR) is 54.3 cm³/mol. The molecule has 1 aliphatic rings. The van der Waals surface area contributed by atoms with Gasteiger partial charge in [-0.3, -0.25) is 4.79 Å². The number of piperidine rings is 1. The van der Waals surface area contributed by atoms with E-state index in [4.69, 9.17) is 0 Å². The van der Waals surface area contributed by atoms with Crippen LogP contribution in [-0.4, -0.2) is 11.9 Å². The van der Waals surface area contributed by atoms with Crippen LogP contribution in [0.4, 0.5) is 0 Å². The van der Waals surface area contributed by atoms with Gasteiger partial charge in [-0.2, -0.15) is 0 Å². The van der Waals surface area contributed by atoms with Gasteiger partial charge in [-0.25, -0.2) is 0 Å². The first-order chi connectivity index (χ1) is 6.02. The summed E-state index contributed by atoms with van der Waals surface area (Å²) in [5.41, 5.74) is 0. The van der Waals surface area contributed by atoms with Gasteiger partial charge >= 0.3 is 0 Å². The molecule has 2 nitrogen and oxygen atoms in total. The highest BCUT2D eigenvalue weighted by Gasteiger charge is 2.30. The first kappa shape index (κ1) is 10.6. The quantitative estimate of drug-likeness (QED) is 0.698. The number of nitrogens with one attached hydrogen (secondary N) is 1. The molecule has 0 saturated carbocycles. The molecular weight excluding hydrogens is 162 g/mol. The first-order valence-electron chi connectivity index (χ1n) is 5.32. The minimum atomic E-state index is 0.245. The molecule has 1 fully saturated rings. The molecule has 0 spiro atoms. The lowest BCUT2D eigenvalue weighted by Crippen LogP contribution is -2.47. The highest BCUT2D eigenvalue weighted by Crippen LogP contribution is 2.25. The van der Waals surface area contributed by atoms with Crippen LogP contribution in [-0.2, 0) is 4.79 Å². The zero-order valence-corrected chi connectivity index (χ0v) is 9.13. The Morgan fingerprint density at radius 1 is 1.15 bits per heavy atom. The molecule has 0 aromatic carbocycles. The lowest BCUT2D eigenvalue weighted by atomic mass is 9.83. The summed E-state index contributed by atoms with van der Waals surface area (Å²) in [6, 6.07) is 0.405. The fraction of sp³-hybridized carbons (Fsp3) is 0.909. The van der Waals surface area contributed by atoms with E-state index in [9.17, 15) is 4.79 Å². The first-order valence-corrected chi connectivity index (χ1v) is 5.32. The number of amides is 1. The molecule has 0 radical (unpaired) electrons. The molecule has 0 bridgehead atoms. The van der Waals surface area contributed by atoms with Crippen LogP contribution in [0, 0.1) is 17.8 Å². The third-order valence-electron chi connectivity index (χ3n) is 3.06. The standard InChI is InChI=1S/C11H21NO/c1-7(2)9-5-6-10(8(3)4)12-11(9)13/h7-10H,5-6H2,1-4H3,(H,12,13). The van der Waals surface area contributed by atoms with E-state index in [-0.39, 0.29) is 11.8 Å². The lowest BCUT2D eigenvalue weighted by molar-refractivity contribution is -0.129. The van der Waals surface area contributed by atoms with Crippen LogP contribution in [0.25, 0.3) is 0 Å². The third-order valence-corrected chi connectivity index (χ3v) is 3.06. The molecule has 1 N–H and O–H groups in total. The Bertz CT molecular complexity index is 187. The number of hydrogen-bond acceptors (Lipinski definition) is 1. The van der Waals surface area contributed by atoms with Crippen LogP contribution in [0.2, 0.25) is 0 Å². The topological polar surface area (TPSA) is 29.1 Å². The second-order valence-corrected chi connectivity index (χ2v) is 4.79. The molecule has 0 aromatic heterocycles. The summed E-state index contributed by atoms with van der Waals surface area (Å²) in [7, 11) is 0. The molecule has 0 aliphatic carbocycles. The van der Waals surface area contributed by atoms with Gasteiger partial charge in [0.15, 0.2) is 0 Å². The minimum absolute atomic E-state index is 0.245. The van der Waals surface area contributed by atoms with Crippen molar-refractivity contribution in [2.24, 2.45) is 17.8 Å². The molecule has 76 valence electrons. The summed E-state index contributed by atoms with van der Waals surface area (Å²) in [5.74, 6) is 1.56. The highest BCUT2D eigenvalue weighted by atomic mass is 16.2. The molecule has 1 heterocycles. The van der Waals surface area contributed by atoms with Gasteiger partial charge in [0.1, 0.15) is 0 Å². The van der Waals surface area contributed by atoms with Crippen LogP contribution in [0.3, 0.4) is 0 Å². The van der Waals surface area contributed by atoms with Crippen molar-refractivity contribution in [2.75, 3.05) is 0 Å². The van der Waals surface area contributed by atoms with Crippen molar-refractivity contribution in [3.05, 3.63) is 0 Å². The van der Waals surface area contributed by atoms with E-state index >= 15 is 0 Å². The van der Waals surface area contributed by atoms with E-state index in [1.807, 2.05) is 0 Å². The minimum Gasteiger partial charge on any atom is -0.353 e. The van der Waals surface area contributed by atoms with Crippen molar-refractivity contribution < 1.29 is 4.79 Å². The van der Waals surface area contributed by atoms with Gasteiger partial charge in [0, 0.05) is 12.0 Å². The molecule has 1 rings (SSSR count). The Morgan fingerprint density at radius 2 is 1.77 bits per heavy atom. The van der Waals surface area contributed by atoms with Crippen LogP contribution in [0.5, 0.6) is 0 Å². The van der Waals surface area contributed by atoms with E-state index in [1.54, 1.807) is 0 Å². The Labute approximate surface area is 81.1 Å². The Hall–Kier alpha value is -0.530. The zero-order chi connectivity index (χ0) is 10.0. The number of carbonyl (C=O) groups excluding carboxylic acids is 1. The second kappa shape index (κ2) is 4.12. The van der Waals surface area contributed by atoms with Crippen LogP contribution < -0.4 is 5.32 Å². The summed E-state index contributed by atoms with van der Waals surface area (Å²) in [6.07, 6.45) is 2.21. The maximum Gasteiger partial charge on any atom is 0.223 e. The molecule has 2 atom stereocenters. The van der Waals surface area contributed by atoms with Crippen molar-refractivity contribution in [1.29, 1.82) is 0 Å². The zero-order valence-electron chi connectivity index (χ0n) is 9.13. The van der Waals surface area contributed by atoms with Crippen LogP contribution >= 0.6 is 0 Å². The fourth-order valence-electron chi connectivity index (χ4n) is 1.99. The van der Waals surface area contributed by atoms with Crippen LogP contribution in [0.1, 0.15) is 40.5 Å². The molecule has 2 heteroatoms. The smallest absolute Gasteiger partial charge is 0.223 e. The Balaban J connectivity index is 2.52.